The van der Waals surface area contributed by atoms with Crippen LogP contribution in [-0.4, -0.2) is 6.04 Å². The van der Waals surface area contributed by atoms with Gasteiger partial charge in [0.2, 0.25) is 0 Å². The third-order valence-electron chi connectivity index (χ3n) is 3.05. The molecule has 0 fully saturated rings. The summed E-state index contributed by atoms with van der Waals surface area (Å²) >= 11 is 12.1. The SMILES string of the molecule is CC(Cc1ccco1)NC(C)c1ccc(Cl)cc1Cl. The molecule has 2 unspecified atom stereocenters. The lowest BCUT2D eigenvalue weighted by Gasteiger charge is -2.20. The van der Waals surface area contributed by atoms with Crippen molar-refractivity contribution in [3.63, 3.8) is 0 Å². The first-order valence-corrected chi connectivity index (χ1v) is 7.05. The van der Waals surface area contributed by atoms with Crippen LogP contribution in [0.2, 0.25) is 10.0 Å². The molecule has 19 heavy (non-hydrogen) atoms. The molecule has 1 aromatic heterocycles. The Bertz CT molecular complexity index is 525. The predicted molar refractivity (Wildman–Crippen MR) is 79.9 cm³/mol. The molecule has 0 spiro atoms. The highest BCUT2D eigenvalue weighted by Gasteiger charge is 2.13. The number of hydrogen-bond donors (Lipinski definition) is 1. The summed E-state index contributed by atoms with van der Waals surface area (Å²) in [6.07, 6.45) is 2.55. The fourth-order valence-corrected chi connectivity index (χ4v) is 2.73. The Kier molecular flexibility index (Phi) is 4.92. The van der Waals surface area contributed by atoms with E-state index >= 15 is 0 Å². The van der Waals surface area contributed by atoms with Crippen molar-refractivity contribution in [1.82, 2.24) is 5.32 Å². The van der Waals surface area contributed by atoms with Crippen LogP contribution in [0.3, 0.4) is 0 Å². The molecule has 2 rings (SSSR count). The Hall–Kier alpha value is -0.960. The fraction of sp³-hybridized carbons (Fsp3) is 0.333. The van der Waals surface area contributed by atoms with Crippen LogP contribution in [0.25, 0.3) is 0 Å². The van der Waals surface area contributed by atoms with E-state index in [9.17, 15) is 0 Å². The first-order chi connectivity index (χ1) is 9.06. The highest BCUT2D eigenvalue weighted by molar-refractivity contribution is 6.35. The lowest BCUT2D eigenvalue weighted by atomic mass is 10.1. The van der Waals surface area contributed by atoms with Gasteiger partial charge in [0.15, 0.2) is 0 Å². The Morgan fingerprint density at radius 2 is 2.00 bits per heavy atom. The van der Waals surface area contributed by atoms with E-state index in [0.717, 1.165) is 17.7 Å². The maximum Gasteiger partial charge on any atom is 0.105 e. The van der Waals surface area contributed by atoms with Gasteiger partial charge in [-0.2, -0.15) is 0 Å². The van der Waals surface area contributed by atoms with E-state index in [-0.39, 0.29) is 6.04 Å². The molecule has 0 aliphatic heterocycles. The summed E-state index contributed by atoms with van der Waals surface area (Å²) in [4.78, 5) is 0. The quantitative estimate of drug-likeness (QED) is 0.852. The molecule has 0 saturated carbocycles. The van der Waals surface area contributed by atoms with Gasteiger partial charge in [0, 0.05) is 28.5 Å². The van der Waals surface area contributed by atoms with Crippen molar-refractivity contribution in [3.8, 4) is 0 Å². The zero-order valence-corrected chi connectivity index (χ0v) is 12.5. The second-order valence-corrected chi connectivity index (χ2v) is 5.58. The van der Waals surface area contributed by atoms with E-state index < -0.39 is 0 Å². The van der Waals surface area contributed by atoms with Crippen LogP contribution in [0.1, 0.15) is 31.2 Å². The van der Waals surface area contributed by atoms with Crippen molar-refractivity contribution in [2.24, 2.45) is 0 Å². The average molecular weight is 298 g/mol. The van der Waals surface area contributed by atoms with Crippen LogP contribution in [0.5, 0.6) is 0 Å². The molecule has 1 heterocycles. The van der Waals surface area contributed by atoms with Crippen LogP contribution >= 0.6 is 23.2 Å². The van der Waals surface area contributed by atoms with Crippen molar-refractivity contribution in [2.45, 2.75) is 32.4 Å². The molecule has 0 radical (unpaired) electrons. The number of halogens is 2. The van der Waals surface area contributed by atoms with Gasteiger partial charge in [0.25, 0.3) is 0 Å². The van der Waals surface area contributed by atoms with Gasteiger partial charge in [-0.3, -0.25) is 0 Å². The minimum Gasteiger partial charge on any atom is -0.469 e. The van der Waals surface area contributed by atoms with Gasteiger partial charge in [-0.1, -0.05) is 29.3 Å². The highest BCUT2D eigenvalue weighted by atomic mass is 35.5. The van der Waals surface area contributed by atoms with Crippen molar-refractivity contribution in [3.05, 3.63) is 58.0 Å². The molecule has 0 aliphatic rings. The number of furan rings is 1. The monoisotopic (exact) mass is 297 g/mol. The molecule has 4 heteroatoms. The molecule has 0 amide bonds. The van der Waals surface area contributed by atoms with Crippen molar-refractivity contribution >= 4 is 23.2 Å². The third-order valence-corrected chi connectivity index (χ3v) is 3.61. The summed E-state index contributed by atoms with van der Waals surface area (Å²) in [7, 11) is 0. The predicted octanol–water partition coefficient (Wildman–Crippen LogP) is 4.87. The van der Waals surface area contributed by atoms with Crippen LogP contribution in [0.15, 0.2) is 41.0 Å². The third kappa shape index (κ3) is 4.00. The summed E-state index contributed by atoms with van der Waals surface area (Å²) in [6.45, 7) is 4.22. The van der Waals surface area contributed by atoms with Gasteiger partial charge in [-0.25, -0.2) is 0 Å². The topological polar surface area (TPSA) is 25.2 Å². The molecule has 0 bridgehead atoms. The molecule has 2 aromatic rings. The highest BCUT2D eigenvalue weighted by Crippen LogP contribution is 2.26. The fourth-order valence-electron chi connectivity index (χ4n) is 2.16. The molecular weight excluding hydrogens is 281 g/mol. The standard InChI is InChI=1S/C15H17Cl2NO/c1-10(8-13-4-3-7-19-13)18-11(2)14-6-5-12(16)9-15(14)17/h3-7,9-11,18H,8H2,1-2H3. The van der Waals surface area contributed by atoms with Crippen molar-refractivity contribution in [2.75, 3.05) is 0 Å². The molecular formula is C15H17Cl2NO. The van der Waals surface area contributed by atoms with E-state index in [1.807, 2.05) is 24.3 Å². The maximum absolute atomic E-state index is 6.21. The first kappa shape index (κ1) is 14.4. The van der Waals surface area contributed by atoms with E-state index in [1.165, 1.54) is 0 Å². The molecule has 0 aliphatic carbocycles. The molecule has 0 saturated heterocycles. The van der Waals surface area contributed by atoms with Crippen LogP contribution in [-0.2, 0) is 6.42 Å². The lowest BCUT2D eigenvalue weighted by Crippen LogP contribution is -2.30. The van der Waals surface area contributed by atoms with Crippen LogP contribution in [0, 0.1) is 0 Å². The van der Waals surface area contributed by atoms with Gasteiger partial charge in [-0.15, -0.1) is 0 Å². The summed E-state index contributed by atoms with van der Waals surface area (Å²) in [5, 5.41) is 4.86. The zero-order chi connectivity index (χ0) is 13.8. The normalized spacial score (nSPS) is 14.3. The molecule has 2 atom stereocenters. The summed E-state index contributed by atoms with van der Waals surface area (Å²) in [5.74, 6) is 0.981. The summed E-state index contributed by atoms with van der Waals surface area (Å²) in [6, 6.07) is 9.94. The number of benzene rings is 1. The van der Waals surface area contributed by atoms with E-state index in [2.05, 4.69) is 19.2 Å². The first-order valence-electron chi connectivity index (χ1n) is 6.29. The lowest BCUT2D eigenvalue weighted by molar-refractivity contribution is 0.429. The Morgan fingerprint density at radius 3 is 2.63 bits per heavy atom. The molecule has 2 nitrogen and oxygen atoms in total. The average Bonchev–Trinajstić information content (AvgIpc) is 2.81. The molecule has 102 valence electrons. The van der Waals surface area contributed by atoms with Gasteiger partial charge in [0.1, 0.15) is 5.76 Å². The summed E-state index contributed by atoms with van der Waals surface area (Å²) in [5.41, 5.74) is 1.05. The maximum atomic E-state index is 6.21. The largest absolute Gasteiger partial charge is 0.469 e. The second kappa shape index (κ2) is 6.47. The minimum atomic E-state index is 0.162. The van der Waals surface area contributed by atoms with E-state index in [0.29, 0.717) is 16.1 Å². The van der Waals surface area contributed by atoms with Crippen molar-refractivity contribution < 1.29 is 4.42 Å². The number of rotatable bonds is 5. The Labute approximate surface area is 123 Å². The summed E-state index contributed by atoms with van der Waals surface area (Å²) < 4.78 is 5.35. The van der Waals surface area contributed by atoms with Crippen molar-refractivity contribution in [1.29, 1.82) is 0 Å². The molecule has 1 aromatic carbocycles. The van der Waals surface area contributed by atoms with E-state index in [4.69, 9.17) is 27.6 Å². The van der Waals surface area contributed by atoms with Gasteiger partial charge in [0.05, 0.1) is 6.26 Å². The Balaban J connectivity index is 1.98. The zero-order valence-electron chi connectivity index (χ0n) is 11.0. The number of hydrogen-bond acceptors (Lipinski definition) is 2. The number of nitrogens with one attached hydrogen (secondary N) is 1. The molecule has 1 N–H and O–H groups in total. The Morgan fingerprint density at radius 1 is 1.21 bits per heavy atom. The van der Waals surface area contributed by atoms with Crippen LogP contribution in [0.4, 0.5) is 0 Å². The van der Waals surface area contributed by atoms with Crippen LogP contribution < -0.4 is 5.32 Å². The smallest absolute Gasteiger partial charge is 0.105 e. The second-order valence-electron chi connectivity index (χ2n) is 4.74. The van der Waals surface area contributed by atoms with Gasteiger partial charge < -0.3 is 9.73 Å². The minimum absolute atomic E-state index is 0.162. The van der Waals surface area contributed by atoms with Gasteiger partial charge in [-0.05, 0) is 43.7 Å². The van der Waals surface area contributed by atoms with E-state index in [1.54, 1.807) is 12.3 Å². The van der Waals surface area contributed by atoms with Gasteiger partial charge >= 0.3 is 0 Å².